The summed E-state index contributed by atoms with van der Waals surface area (Å²) in [6.07, 6.45) is 64.8. The van der Waals surface area contributed by atoms with Crippen molar-refractivity contribution in [2.45, 2.75) is 193 Å². The van der Waals surface area contributed by atoms with Crippen LogP contribution in [0.5, 0.6) is 0 Å². The third-order valence-corrected chi connectivity index (χ3v) is 10.9. The van der Waals surface area contributed by atoms with Crippen molar-refractivity contribution < 1.29 is 43.0 Å². The molecule has 0 aliphatic heterocycles. The minimum absolute atomic E-state index is 0.0263. The van der Waals surface area contributed by atoms with Crippen LogP contribution in [-0.4, -0.2) is 66.3 Å². The summed E-state index contributed by atoms with van der Waals surface area (Å²) in [6.45, 7) is 3.22. The SMILES string of the molecule is CC/C=C\C/C=C\C/C=C\C/C=C\C/C=C\CCCCCC(=O)OC(COCCCCCCCCCCCCC/C=C\C/C=C\C/C=C\C/C=C\CC)COP(=O)(O)OCC(O)CO. The van der Waals surface area contributed by atoms with Gasteiger partial charge in [0.25, 0.3) is 0 Å². The van der Waals surface area contributed by atoms with Crippen molar-refractivity contribution in [1.82, 2.24) is 0 Å². The number of aliphatic hydroxyl groups is 2. The Kier molecular flexibility index (Phi) is 47.3. The average Bonchev–Trinajstić information content (AvgIpc) is 3.29. The molecule has 64 heavy (non-hydrogen) atoms. The fourth-order valence-corrected chi connectivity index (χ4v) is 7.04. The van der Waals surface area contributed by atoms with Crippen LogP contribution in [0.3, 0.4) is 0 Å². The van der Waals surface area contributed by atoms with Gasteiger partial charge in [-0.3, -0.25) is 13.8 Å². The maximum atomic E-state index is 12.7. The number of ether oxygens (including phenoxy) is 2. The van der Waals surface area contributed by atoms with Gasteiger partial charge in [0.2, 0.25) is 0 Å². The molecule has 9 nitrogen and oxygen atoms in total. The van der Waals surface area contributed by atoms with Gasteiger partial charge in [0, 0.05) is 13.0 Å². The summed E-state index contributed by atoms with van der Waals surface area (Å²) in [7, 11) is -4.54. The predicted octanol–water partition coefficient (Wildman–Crippen LogP) is 14.6. The van der Waals surface area contributed by atoms with E-state index in [1.807, 2.05) is 0 Å². The van der Waals surface area contributed by atoms with Gasteiger partial charge in [-0.15, -0.1) is 0 Å². The van der Waals surface area contributed by atoms with Gasteiger partial charge >= 0.3 is 13.8 Å². The first-order valence-corrected chi connectivity index (χ1v) is 26.4. The zero-order valence-electron chi connectivity index (χ0n) is 40.2. The third kappa shape index (κ3) is 48.6. The van der Waals surface area contributed by atoms with Crippen LogP contribution in [0.25, 0.3) is 0 Å². The number of aliphatic hydroxyl groups excluding tert-OH is 2. The van der Waals surface area contributed by atoms with Crippen LogP contribution in [0.15, 0.2) is 109 Å². The standard InChI is InChI=1S/C54H91O9P/c1-3-5-7-9-11-13-15-17-19-21-23-24-25-26-27-29-31-33-35-37-39-41-43-45-47-60-50-53(51-62-64(58,59)61-49-52(56)48-55)63-54(57)46-44-42-40-38-36-34-32-30-28-22-20-18-16-14-12-10-8-6-4-2/h5-8,11-14,17-20,23-24,28,30,34,36,52-53,55-56H,3-4,9-10,15-16,21-22,25-27,29,31-33,35,37-51H2,1-2H3,(H,58,59)/b7-5-,8-6-,13-11-,14-12-,19-17-,20-18-,24-23-,30-28-,36-34-. The average molecular weight is 915 g/mol. The van der Waals surface area contributed by atoms with Crippen molar-refractivity contribution >= 4 is 13.8 Å². The molecule has 0 aromatic rings. The third-order valence-electron chi connectivity index (χ3n) is 9.95. The monoisotopic (exact) mass is 915 g/mol. The summed E-state index contributed by atoms with van der Waals surface area (Å²) in [5.74, 6) is -0.418. The van der Waals surface area contributed by atoms with Crippen LogP contribution in [0.1, 0.15) is 181 Å². The fraction of sp³-hybridized carbons (Fsp3) is 0.648. The first-order valence-electron chi connectivity index (χ1n) is 24.9. The maximum Gasteiger partial charge on any atom is 0.472 e. The van der Waals surface area contributed by atoms with E-state index in [2.05, 4.69) is 123 Å². The Balaban J connectivity index is 4.17. The highest BCUT2D eigenvalue weighted by Gasteiger charge is 2.26. The first kappa shape index (κ1) is 61.1. The summed E-state index contributed by atoms with van der Waals surface area (Å²) in [5.41, 5.74) is 0. The van der Waals surface area contributed by atoms with Crippen LogP contribution in [0.4, 0.5) is 0 Å². The van der Waals surface area contributed by atoms with E-state index in [0.717, 1.165) is 96.3 Å². The second-order valence-electron chi connectivity index (χ2n) is 16.1. The Bertz CT molecular complexity index is 1360. The summed E-state index contributed by atoms with van der Waals surface area (Å²) in [5, 5.41) is 18.4. The molecule has 0 spiro atoms. The summed E-state index contributed by atoms with van der Waals surface area (Å²) < 4.78 is 33.5. The smallest absolute Gasteiger partial charge is 0.457 e. The Morgan fingerprint density at radius 3 is 1.27 bits per heavy atom. The fourth-order valence-electron chi connectivity index (χ4n) is 6.26. The largest absolute Gasteiger partial charge is 0.472 e. The molecular weight excluding hydrogens is 824 g/mol. The number of allylic oxidation sites excluding steroid dienone is 18. The minimum Gasteiger partial charge on any atom is -0.457 e. The highest BCUT2D eigenvalue weighted by atomic mass is 31.2. The molecule has 0 aliphatic rings. The van der Waals surface area contributed by atoms with Crippen molar-refractivity contribution in [3.8, 4) is 0 Å². The second kappa shape index (κ2) is 49.6. The molecule has 10 heteroatoms. The molecule has 3 unspecified atom stereocenters. The van der Waals surface area contributed by atoms with Crippen molar-refractivity contribution in [2.75, 3.05) is 33.0 Å². The minimum atomic E-state index is -4.54. The van der Waals surface area contributed by atoms with Gasteiger partial charge in [0.15, 0.2) is 0 Å². The Morgan fingerprint density at radius 1 is 0.484 bits per heavy atom. The van der Waals surface area contributed by atoms with Gasteiger partial charge in [-0.1, -0.05) is 187 Å². The molecular formula is C54H91O9P. The van der Waals surface area contributed by atoms with E-state index in [-0.39, 0.29) is 13.0 Å². The van der Waals surface area contributed by atoms with Crippen LogP contribution in [0.2, 0.25) is 0 Å². The van der Waals surface area contributed by atoms with Gasteiger partial charge in [0.1, 0.15) is 12.2 Å². The summed E-state index contributed by atoms with van der Waals surface area (Å²) >= 11 is 0. The normalized spacial score (nSPS) is 14.8. The Hall–Kier alpha value is -2.88. The lowest BCUT2D eigenvalue weighted by Gasteiger charge is -2.20. The van der Waals surface area contributed by atoms with E-state index >= 15 is 0 Å². The Labute approximate surface area is 390 Å². The van der Waals surface area contributed by atoms with Crippen molar-refractivity contribution in [2.24, 2.45) is 0 Å². The van der Waals surface area contributed by atoms with E-state index in [1.165, 1.54) is 57.8 Å². The molecule has 3 N–H and O–H groups in total. The molecule has 366 valence electrons. The quantitative estimate of drug-likeness (QED) is 0.0236. The number of hydrogen-bond acceptors (Lipinski definition) is 8. The molecule has 0 heterocycles. The first-order chi connectivity index (χ1) is 31.3. The van der Waals surface area contributed by atoms with Gasteiger partial charge in [-0.2, -0.15) is 0 Å². The van der Waals surface area contributed by atoms with Gasteiger partial charge in [0.05, 0.1) is 26.4 Å². The molecule has 0 aliphatic carbocycles. The molecule has 3 atom stereocenters. The van der Waals surface area contributed by atoms with Crippen LogP contribution < -0.4 is 0 Å². The molecule has 0 saturated heterocycles. The van der Waals surface area contributed by atoms with Crippen molar-refractivity contribution in [3.05, 3.63) is 109 Å². The lowest BCUT2D eigenvalue weighted by Crippen LogP contribution is -2.29. The van der Waals surface area contributed by atoms with Crippen LogP contribution in [0, 0.1) is 0 Å². The molecule has 0 bridgehead atoms. The second-order valence-corrected chi connectivity index (χ2v) is 17.5. The molecule has 0 aromatic carbocycles. The number of phosphoric ester groups is 1. The van der Waals surface area contributed by atoms with Crippen LogP contribution >= 0.6 is 7.82 Å². The highest BCUT2D eigenvalue weighted by Crippen LogP contribution is 2.43. The van der Waals surface area contributed by atoms with Gasteiger partial charge < -0.3 is 24.6 Å². The number of carbonyl (C=O) groups is 1. The lowest BCUT2D eigenvalue weighted by molar-refractivity contribution is -0.154. The molecule has 0 fully saturated rings. The van der Waals surface area contributed by atoms with Crippen molar-refractivity contribution in [1.29, 1.82) is 0 Å². The van der Waals surface area contributed by atoms with E-state index in [0.29, 0.717) is 13.0 Å². The number of phosphoric acid groups is 1. The molecule has 0 aromatic heterocycles. The highest BCUT2D eigenvalue weighted by molar-refractivity contribution is 7.47. The lowest BCUT2D eigenvalue weighted by atomic mass is 10.1. The molecule has 0 rings (SSSR count). The van der Waals surface area contributed by atoms with E-state index in [4.69, 9.17) is 23.6 Å². The number of unbranched alkanes of at least 4 members (excludes halogenated alkanes) is 14. The van der Waals surface area contributed by atoms with Crippen molar-refractivity contribution in [3.63, 3.8) is 0 Å². The molecule has 0 radical (unpaired) electrons. The number of carbonyl (C=O) groups excluding carboxylic acids is 1. The van der Waals surface area contributed by atoms with E-state index in [1.54, 1.807) is 0 Å². The van der Waals surface area contributed by atoms with Gasteiger partial charge in [-0.05, 0) is 96.3 Å². The van der Waals surface area contributed by atoms with Crippen LogP contribution in [-0.2, 0) is 27.9 Å². The van der Waals surface area contributed by atoms with E-state index in [9.17, 15) is 19.4 Å². The molecule has 0 saturated carbocycles. The zero-order valence-corrected chi connectivity index (χ0v) is 41.1. The van der Waals surface area contributed by atoms with Gasteiger partial charge in [-0.25, -0.2) is 4.57 Å². The maximum absolute atomic E-state index is 12.7. The number of hydrogen-bond donors (Lipinski definition) is 3. The molecule has 0 amide bonds. The van der Waals surface area contributed by atoms with E-state index < -0.39 is 45.8 Å². The zero-order chi connectivity index (χ0) is 46.7. The number of rotatable bonds is 46. The predicted molar refractivity (Wildman–Crippen MR) is 269 cm³/mol. The summed E-state index contributed by atoms with van der Waals surface area (Å²) in [4.78, 5) is 22.7. The Morgan fingerprint density at radius 2 is 0.844 bits per heavy atom. The topological polar surface area (TPSA) is 132 Å². The number of esters is 1. The summed E-state index contributed by atoms with van der Waals surface area (Å²) in [6, 6.07) is 0.